The molecule has 0 aliphatic carbocycles. The summed E-state index contributed by atoms with van der Waals surface area (Å²) in [4.78, 5) is 14.7. The molecule has 1 aliphatic heterocycles. The Morgan fingerprint density at radius 3 is 2.50 bits per heavy atom. The molecule has 5 nitrogen and oxygen atoms in total. The number of piperidine rings is 1. The summed E-state index contributed by atoms with van der Waals surface area (Å²) in [6.07, 6.45) is 1.02. The van der Waals surface area contributed by atoms with Crippen LogP contribution in [-0.2, 0) is 14.8 Å². The molecule has 1 atom stereocenters. The molecule has 0 saturated carbocycles. The Morgan fingerprint density at radius 1 is 1.25 bits per heavy atom. The van der Waals surface area contributed by atoms with E-state index in [0.717, 1.165) is 5.56 Å². The van der Waals surface area contributed by atoms with Crippen LogP contribution < -0.4 is 0 Å². The third-order valence-corrected chi connectivity index (χ3v) is 9.07. The molecule has 0 spiro atoms. The Bertz CT molecular complexity index is 940. The highest BCUT2D eigenvalue weighted by Crippen LogP contribution is 2.32. The third kappa shape index (κ3) is 4.39. The number of thiophene rings is 1. The van der Waals surface area contributed by atoms with Gasteiger partial charge in [0.05, 0.1) is 6.04 Å². The lowest BCUT2D eigenvalue weighted by Gasteiger charge is -2.34. The molecule has 2 aromatic rings. The maximum absolute atomic E-state index is 13.0. The van der Waals surface area contributed by atoms with Gasteiger partial charge in [-0.25, -0.2) is 8.42 Å². The molecule has 28 heavy (non-hydrogen) atoms. The van der Waals surface area contributed by atoms with E-state index in [1.54, 1.807) is 41.6 Å². The standard InChI is InChI=1S/C19H22Cl2N2O3S2/c1-13(16-6-5-15(20)12-17(16)21)22(2)19(24)14-7-9-23(10-8-14)28(25,26)18-4-3-11-27-18/h3-6,11-14H,7-10H2,1-2H3. The Kier molecular flexibility index (Phi) is 6.72. The molecule has 0 N–H and O–H groups in total. The van der Waals surface area contributed by atoms with Gasteiger partial charge in [-0.05, 0) is 48.9 Å². The van der Waals surface area contributed by atoms with Crippen LogP contribution in [0.1, 0.15) is 31.4 Å². The summed E-state index contributed by atoms with van der Waals surface area (Å²) >= 11 is 13.4. The lowest BCUT2D eigenvalue weighted by Crippen LogP contribution is -2.43. The van der Waals surface area contributed by atoms with Crippen molar-refractivity contribution >= 4 is 50.5 Å². The van der Waals surface area contributed by atoms with Crippen LogP contribution in [0.15, 0.2) is 39.9 Å². The lowest BCUT2D eigenvalue weighted by molar-refractivity contribution is -0.137. The molecule has 0 bridgehead atoms. The second kappa shape index (κ2) is 8.71. The highest BCUT2D eigenvalue weighted by molar-refractivity contribution is 7.91. The maximum atomic E-state index is 13.0. The second-order valence-corrected chi connectivity index (χ2v) is 10.9. The van der Waals surface area contributed by atoms with E-state index in [4.69, 9.17) is 23.2 Å². The molecule has 9 heteroatoms. The van der Waals surface area contributed by atoms with Crippen molar-refractivity contribution in [2.24, 2.45) is 5.92 Å². The summed E-state index contributed by atoms with van der Waals surface area (Å²) in [6.45, 7) is 2.62. The van der Waals surface area contributed by atoms with E-state index >= 15 is 0 Å². The number of sulfonamides is 1. The Labute approximate surface area is 179 Å². The number of benzene rings is 1. The lowest BCUT2D eigenvalue weighted by atomic mass is 9.95. The summed E-state index contributed by atoms with van der Waals surface area (Å²) in [5.41, 5.74) is 0.833. The van der Waals surface area contributed by atoms with E-state index in [-0.39, 0.29) is 17.9 Å². The molecular formula is C19H22Cl2N2O3S2. The summed E-state index contributed by atoms with van der Waals surface area (Å²) in [5, 5.41) is 2.83. The van der Waals surface area contributed by atoms with Gasteiger partial charge in [0.25, 0.3) is 10.0 Å². The van der Waals surface area contributed by atoms with Crippen molar-refractivity contribution in [1.82, 2.24) is 9.21 Å². The van der Waals surface area contributed by atoms with Crippen molar-refractivity contribution in [2.45, 2.75) is 30.0 Å². The molecule has 3 rings (SSSR count). The predicted octanol–water partition coefficient (Wildman–Crippen LogP) is 4.68. The Morgan fingerprint density at radius 2 is 1.93 bits per heavy atom. The average molecular weight is 461 g/mol. The van der Waals surface area contributed by atoms with Crippen molar-refractivity contribution < 1.29 is 13.2 Å². The zero-order valence-electron chi connectivity index (χ0n) is 15.6. The van der Waals surface area contributed by atoms with Crippen molar-refractivity contribution in [1.29, 1.82) is 0 Å². The Balaban J connectivity index is 1.64. The van der Waals surface area contributed by atoms with Crippen LogP contribution in [0, 0.1) is 5.92 Å². The molecule has 1 aromatic carbocycles. The van der Waals surface area contributed by atoms with E-state index in [2.05, 4.69) is 0 Å². The van der Waals surface area contributed by atoms with Gasteiger partial charge in [0.15, 0.2) is 0 Å². The van der Waals surface area contributed by atoms with Crippen LogP contribution in [0.3, 0.4) is 0 Å². The van der Waals surface area contributed by atoms with Crippen LogP contribution >= 0.6 is 34.5 Å². The zero-order chi connectivity index (χ0) is 20.5. The van der Waals surface area contributed by atoms with E-state index < -0.39 is 10.0 Å². The van der Waals surface area contributed by atoms with E-state index in [1.165, 1.54) is 15.6 Å². The topological polar surface area (TPSA) is 57.7 Å². The largest absolute Gasteiger partial charge is 0.339 e. The van der Waals surface area contributed by atoms with Gasteiger partial charge in [0.1, 0.15) is 4.21 Å². The number of halogens is 2. The first kappa shape index (κ1) is 21.6. The fourth-order valence-corrected chi connectivity index (χ4v) is 6.59. The first-order valence-electron chi connectivity index (χ1n) is 8.97. The normalized spacial score (nSPS) is 17.4. The van der Waals surface area contributed by atoms with E-state index in [9.17, 15) is 13.2 Å². The number of amides is 1. The van der Waals surface area contributed by atoms with Crippen molar-refractivity contribution in [2.75, 3.05) is 20.1 Å². The predicted molar refractivity (Wildman–Crippen MR) is 113 cm³/mol. The van der Waals surface area contributed by atoms with Crippen LogP contribution in [0.2, 0.25) is 10.0 Å². The third-order valence-electron chi connectivity index (χ3n) is 5.23. The van der Waals surface area contributed by atoms with Gasteiger partial charge in [-0.15, -0.1) is 11.3 Å². The first-order valence-corrected chi connectivity index (χ1v) is 12.0. The fraction of sp³-hybridized carbons (Fsp3) is 0.421. The highest BCUT2D eigenvalue weighted by atomic mass is 35.5. The molecule has 152 valence electrons. The van der Waals surface area contributed by atoms with Gasteiger partial charge < -0.3 is 4.90 Å². The van der Waals surface area contributed by atoms with Crippen LogP contribution in [0.25, 0.3) is 0 Å². The highest BCUT2D eigenvalue weighted by Gasteiger charge is 2.34. The summed E-state index contributed by atoms with van der Waals surface area (Å²) in [5.74, 6) is -0.194. The van der Waals surface area contributed by atoms with E-state index in [1.807, 2.05) is 13.0 Å². The maximum Gasteiger partial charge on any atom is 0.252 e. The quantitative estimate of drug-likeness (QED) is 0.650. The molecule has 1 amide bonds. The average Bonchev–Trinajstić information content (AvgIpc) is 3.22. The fourth-order valence-electron chi connectivity index (χ4n) is 3.41. The second-order valence-electron chi connectivity index (χ2n) is 6.90. The molecular weight excluding hydrogens is 439 g/mol. The molecule has 1 aromatic heterocycles. The van der Waals surface area contributed by atoms with Gasteiger partial charge in [0, 0.05) is 36.1 Å². The SMILES string of the molecule is CC(c1ccc(Cl)cc1Cl)N(C)C(=O)C1CCN(S(=O)(=O)c2cccs2)CC1. The number of hydrogen-bond acceptors (Lipinski definition) is 4. The monoisotopic (exact) mass is 460 g/mol. The minimum absolute atomic E-state index is 0.00619. The minimum Gasteiger partial charge on any atom is -0.339 e. The molecule has 0 radical (unpaired) electrons. The number of carbonyl (C=O) groups excluding carboxylic acids is 1. The van der Waals surface area contributed by atoms with Gasteiger partial charge in [0.2, 0.25) is 5.91 Å². The van der Waals surface area contributed by atoms with Crippen LogP contribution in [-0.4, -0.2) is 43.7 Å². The van der Waals surface area contributed by atoms with Crippen LogP contribution in [0.5, 0.6) is 0 Å². The number of carbonyl (C=O) groups is 1. The summed E-state index contributed by atoms with van der Waals surface area (Å²) in [6, 6.07) is 8.39. The minimum atomic E-state index is -3.46. The Hall–Kier alpha value is -1.12. The van der Waals surface area contributed by atoms with Gasteiger partial charge in [-0.3, -0.25) is 4.79 Å². The molecule has 1 saturated heterocycles. The smallest absolute Gasteiger partial charge is 0.252 e. The first-order chi connectivity index (χ1) is 13.2. The zero-order valence-corrected chi connectivity index (χ0v) is 18.8. The van der Waals surface area contributed by atoms with Gasteiger partial charge >= 0.3 is 0 Å². The molecule has 1 aliphatic rings. The van der Waals surface area contributed by atoms with Crippen LogP contribution in [0.4, 0.5) is 0 Å². The summed E-state index contributed by atoms with van der Waals surface area (Å²) in [7, 11) is -1.70. The summed E-state index contributed by atoms with van der Waals surface area (Å²) < 4.78 is 27.1. The molecule has 1 unspecified atom stereocenters. The number of nitrogens with zero attached hydrogens (tertiary/aromatic N) is 2. The van der Waals surface area contributed by atoms with Gasteiger partial charge in [-0.2, -0.15) is 4.31 Å². The van der Waals surface area contributed by atoms with Crippen molar-refractivity contribution in [3.8, 4) is 0 Å². The van der Waals surface area contributed by atoms with Gasteiger partial charge in [-0.1, -0.05) is 35.3 Å². The number of rotatable bonds is 5. The van der Waals surface area contributed by atoms with Crippen molar-refractivity contribution in [3.63, 3.8) is 0 Å². The molecule has 1 fully saturated rings. The molecule has 2 heterocycles. The van der Waals surface area contributed by atoms with Crippen molar-refractivity contribution in [3.05, 3.63) is 51.3 Å². The van der Waals surface area contributed by atoms with E-state index in [0.29, 0.717) is 40.2 Å². The number of hydrogen-bond donors (Lipinski definition) is 0.